The second-order valence-corrected chi connectivity index (χ2v) is 9.86. The van der Waals surface area contributed by atoms with Gasteiger partial charge in [-0.2, -0.15) is 0 Å². The molecule has 3 aromatic carbocycles. The Morgan fingerprint density at radius 1 is 1.18 bits per heavy atom. The molecule has 0 saturated carbocycles. The summed E-state index contributed by atoms with van der Waals surface area (Å²) in [6.07, 6.45) is 1.72. The SMILES string of the molecule is COc1cc(/C=C2/SC(=S)N(c3ccc(F)c(Cl)c3)C2=O)cc(Br)c1OCc1ccccc1. The number of rotatable bonds is 6. The fourth-order valence-corrected chi connectivity index (χ4v) is 5.21. The number of anilines is 1. The molecule has 0 atom stereocenters. The van der Waals surface area contributed by atoms with Gasteiger partial charge in [0.15, 0.2) is 15.8 Å². The van der Waals surface area contributed by atoms with E-state index >= 15 is 0 Å². The first-order chi connectivity index (χ1) is 15.9. The van der Waals surface area contributed by atoms with E-state index in [9.17, 15) is 9.18 Å². The Kier molecular flexibility index (Phi) is 7.38. The maximum absolute atomic E-state index is 13.5. The number of carbonyl (C=O) groups excluding carboxylic acids is 1. The molecular weight excluding hydrogens is 549 g/mol. The maximum atomic E-state index is 13.5. The molecule has 0 spiro atoms. The summed E-state index contributed by atoms with van der Waals surface area (Å²) in [6, 6.07) is 17.5. The monoisotopic (exact) mass is 563 g/mol. The molecule has 0 N–H and O–H groups in total. The summed E-state index contributed by atoms with van der Waals surface area (Å²) in [5.41, 5.74) is 2.17. The number of benzene rings is 3. The first kappa shape index (κ1) is 23.8. The number of nitrogens with zero attached hydrogens (tertiary/aromatic N) is 1. The average Bonchev–Trinajstić information content (AvgIpc) is 3.08. The largest absolute Gasteiger partial charge is 0.493 e. The molecule has 1 amide bonds. The van der Waals surface area contributed by atoms with Crippen LogP contribution in [0.25, 0.3) is 6.08 Å². The zero-order valence-electron chi connectivity index (χ0n) is 17.2. The van der Waals surface area contributed by atoms with Gasteiger partial charge in [0.25, 0.3) is 5.91 Å². The molecule has 4 nitrogen and oxygen atoms in total. The first-order valence-corrected chi connectivity index (χ1v) is 12.0. The van der Waals surface area contributed by atoms with Crippen molar-refractivity contribution in [2.24, 2.45) is 0 Å². The van der Waals surface area contributed by atoms with Crippen LogP contribution in [0.1, 0.15) is 11.1 Å². The summed E-state index contributed by atoms with van der Waals surface area (Å²) in [5, 5.41) is -0.0784. The average molecular weight is 565 g/mol. The minimum Gasteiger partial charge on any atom is -0.493 e. The normalized spacial score (nSPS) is 14.8. The second kappa shape index (κ2) is 10.3. The first-order valence-electron chi connectivity index (χ1n) is 9.64. The van der Waals surface area contributed by atoms with Crippen LogP contribution in [-0.4, -0.2) is 17.3 Å². The van der Waals surface area contributed by atoms with Crippen LogP contribution < -0.4 is 14.4 Å². The van der Waals surface area contributed by atoms with Gasteiger partial charge in [-0.05, 0) is 63.5 Å². The van der Waals surface area contributed by atoms with Crippen LogP contribution in [0.2, 0.25) is 5.02 Å². The minimum atomic E-state index is -0.562. The van der Waals surface area contributed by atoms with E-state index in [1.165, 1.54) is 23.1 Å². The number of thioether (sulfide) groups is 1. The summed E-state index contributed by atoms with van der Waals surface area (Å²) >= 11 is 16.0. The van der Waals surface area contributed by atoms with Crippen molar-refractivity contribution in [1.82, 2.24) is 0 Å². The smallest absolute Gasteiger partial charge is 0.270 e. The highest BCUT2D eigenvalue weighted by atomic mass is 79.9. The number of amides is 1. The van der Waals surface area contributed by atoms with Crippen LogP contribution in [0.15, 0.2) is 70.0 Å². The molecule has 4 rings (SSSR count). The molecule has 0 aliphatic carbocycles. The molecule has 9 heteroatoms. The van der Waals surface area contributed by atoms with Crippen LogP contribution in [-0.2, 0) is 11.4 Å². The van der Waals surface area contributed by atoms with Crippen molar-refractivity contribution < 1.29 is 18.7 Å². The molecule has 0 aromatic heterocycles. The van der Waals surface area contributed by atoms with Gasteiger partial charge in [0.05, 0.1) is 27.2 Å². The van der Waals surface area contributed by atoms with Crippen LogP contribution in [0.3, 0.4) is 0 Å². The Bertz CT molecular complexity index is 1270. The van der Waals surface area contributed by atoms with Crippen molar-refractivity contribution in [3.05, 3.63) is 92.0 Å². The summed E-state index contributed by atoms with van der Waals surface area (Å²) in [4.78, 5) is 14.8. The van der Waals surface area contributed by atoms with Crippen molar-refractivity contribution in [2.75, 3.05) is 12.0 Å². The third kappa shape index (κ3) is 5.24. The molecule has 168 valence electrons. The molecule has 3 aromatic rings. The molecule has 1 fully saturated rings. The topological polar surface area (TPSA) is 38.8 Å². The highest BCUT2D eigenvalue weighted by Gasteiger charge is 2.33. The highest BCUT2D eigenvalue weighted by Crippen LogP contribution is 2.40. The fourth-order valence-electron chi connectivity index (χ4n) is 3.16. The number of hydrogen-bond donors (Lipinski definition) is 0. The summed E-state index contributed by atoms with van der Waals surface area (Å²) in [6.45, 7) is 0.383. The lowest BCUT2D eigenvalue weighted by atomic mass is 10.1. The Morgan fingerprint density at radius 3 is 2.64 bits per heavy atom. The number of carbonyl (C=O) groups is 1. The van der Waals surface area contributed by atoms with E-state index in [1.807, 2.05) is 36.4 Å². The Balaban J connectivity index is 1.59. The lowest BCUT2D eigenvalue weighted by molar-refractivity contribution is -0.113. The van der Waals surface area contributed by atoms with Crippen LogP contribution >= 0.6 is 51.5 Å². The van der Waals surface area contributed by atoms with Crippen LogP contribution in [0.4, 0.5) is 10.1 Å². The Hall–Kier alpha value is -2.39. The van der Waals surface area contributed by atoms with Gasteiger partial charge < -0.3 is 9.47 Å². The third-order valence-electron chi connectivity index (χ3n) is 4.73. The number of hydrogen-bond acceptors (Lipinski definition) is 5. The van der Waals surface area contributed by atoms with Gasteiger partial charge in [-0.25, -0.2) is 4.39 Å². The lowest BCUT2D eigenvalue weighted by Crippen LogP contribution is -2.27. The van der Waals surface area contributed by atoms with Crippen molar-refractivity contribution in [2.45, 2.75) is 6.61 Å². The molecular formula is C24H16BrClFNO3S2. The van der Waals surface area contributed by atoms with Gasteiger partial charge in [0.1, 0.15) is 12.4 Å². The highest BCUT2D eigenvalue weighted by molar-refractivity contribution is 9.10. The van der Waals surface area contributed by atoms with E-state index in [4.69, 9.17) is 33.3 Å². The van der Waals surface area contributed by atoms with Gasteiger partial charge in [0.2, 0.25) is 0 Å². The van der Waals surface area contributed by atoms with Crippen molar-refractivity contribution in [1.29, 1.82) is 0 Å². The summed E-state index contributed by atoms with van der Waals surface area (Å²) in [5.74, 6) is 0.208. The predicted molar refractivity (Wildman–Crippen MR) is 139 cm³/mol. The summed E-state index contributed by atoms with van der Waals surface area (Å²) in [7, 11) is 1.55. The molecule has 0 unspecified atom stereocenters. The number of thiocarbonyl (C=S) groups is 1. The Labute approximate surface area is 213 Å². The van der Waals surface area contributed by atoms with E-state index in [0.717, 1.165) is 22.9 Å². The van der Waals surface area contributed by atoms with E-state index in [-0.39, 0.29) is 10.9 Å². The van der Waals surface area contributed by atoms with Crippen LogP contribution in [0.5, 0.6) is 11.5 Å². The molecule has 1 saturated heterocycles. The maximum Gasteiger partial charge on any atom is 0.270 e. The van der Waals surface area contributed by atoms with Crippen molar-refractivity contribution >= 4 is 73.5 Å². The van der Waals surface area contributed by atoms with E-state index < -0.39 is 5.82 Å². The predicted octanol–water partition coefficient (Wildman–Crippen LogP) is 7.24. The number of halogens is 3. The quantitative estimate of drug-likeness (QED) is 0.233. The number of methoxy groups -OCH3 is 1. The molecule has 33 heavy (non-hydrogen) atoms. The zero-order valence-corrected chi connectivity index (χ0v) is 21.2. The lowest BCUT2D eigenvalue weighted by Gasteiger charge is -2.15. The third-order valence-corrected chi connectivity index (χ3v) is 6.91. The van der Waals surface area contributed by atoms with E-state index in [0.29, 0.717) is 37.5 Å². The van der Waals surface area contributed by atoms with Crippen LogP contribution in [0, 0.1) is 5.82 Å². The van der Waals surface area contributed by atoms with Crippen molar-refractivity contribution in [3.8, 4) is 11.5 Å². The van der Waals surface area contributed by atoms with Gasteiger partial charge in [-0.3, -0.25) is 9.69 Å². The van der Waals surface area contributed by atoms with Gasteiger partial charge >= 0.3 is 0 Å². The molecule has 1 aliphatic rings. The molecule has 0 bridgehead atoms. The molecule has 1 heterocycles. The van der Waals surface area contributed by atoms with Crippen molar-refractivity contribution in [3.63, 3.8) is 0 Å². The minimum absolute atomic E-state index is 0.0784. The number of ether oxygens (including phenoxy) is 2. The van der Waals surface area contributed by atoms with E-state index in [1.54, 1.807) is 19.3 Å². The fraction of sp³-hybridized carbons (Fsp3) is 0.0833. The zero-order chi connectivity index (χ0) is 23.5. The van der Waals surface area contributed by atoms with E-state index in [2.05, 4.69) is 15.9 Å². The van der Waals surface area contributed by atoms with Gasteiger partial charge in [0, 0.05) is 0 Å². The Morgan fingerprint density at radius 2 is 1.94 bits per heavy atom. The van der Waals surface area contributed by atoms with Gasteiger partial charge in [-0.15, -0.1) is 0 Å². The summed E-state index contributed by atoms with van der Waals surface area (Å²) < 4.78 is 26.0. The van der Waals surface area contributed by atoms with Gasteiger partial charge in [-0.1, -0.05) is 65.9 Å². The molecule has 0 radical (unpaired) electrons. The second-order valence-electron chi connectivity index (χ2n) is 6.92. The molecule has 1 aliphatic heterocycles. The standard InChI is InChI=1S/C24H16BrClFNO3S2/c1-30-20-10-15(9-17(25)22(20)31-13-14-5-3-2-4-6-14)11-21-23(29)28(24(32)33-21)16-7-8-19(27)18(26)12-16/h2-12H,13H2,1H3/b21-11+.